The Morgan fingerprint density at radius 3 is 2.43 bits per heavy atom. The molecular formula is C14H18. The van der Waals surface area contributed by atoms with Crippen LogP contribution in [0, 0.1) is 5.92 Å². The first-order chi connectivity index (χ1) is 6.65. The van der Waals surface area contributed by atoms with Crippen molar-refractivity contribution in [2.75, 3.05) is 0 Å². The third-order valence-electron chi connectivity index (χ3n) is 2.38. The Balaban J connectivity index is 3.23. The van der Waals surface area contributed by atoms with E-state index < -0.39 is 0 Å². The van der Waals surface area contributed by atoms with Gasteiger partial charge in [-0.1, -0.05) is 56.8 Å². The molecule has 0 saturated carbocycles. The second-order valence-corrected chi connectivity index (χ2v) is 3.79. The van der Waals surface area contributed by atoms with E-state index in [4.69, 9.17) is 0 Å². The fourth-order valence-electron chi connectivity index (χ4n) is 1.44. The topological polar surface area (TPSA) is 0 Å². The molecule has 0 bridgehead atoms. The maximum atomic E-state index is 4.01. The van der Waals surface area contributed by atoms with Crippen molar-refractivity contribution in [1.29, 1.82) is 0 Å². The number of hydrogen-bond donors (Lipinski definition) is 0. The third kappa shape index (κ3) is 2.59. The lowest BCUT2D eigenvalue weighted by Crippen LogP contribution is -2.22. The van der Waals surface area contributed by atoms with Gasteiger partial charge in [-0.15, -0.1) is 0 Å². The first-order valence-electron chi connectivity index (χ1n) is 5.07. The van der Waals surface area contributed by atoms with Gasteiger partial charge in [-0.25, -0.2) is 0 Å². The van der Waals surface area contributed by atoms with Crippen LogP contribution in [-0.2, 0) is 0 Å². The maximum Gasteiger partial charge on any atom is -0.0187 e. The summed E-state index contributed by atoms with van der Waals surface area (Å²) in [5, 5.41) is 2.31. The summed E-state index contributed by atoms with van der Waals surface area (Å²) in [5.74, 6) is 0.569. The number of rotatable bonds is 2. The second-order valence-electron chi connectivity index (χ2n) is 3.79. The van der Waals surface area contributed by atoms with Gasteiger partial charge in [0, 0.05) is 0 Å². The van der Waals surface area contributed by atoms with Gasteiger partial charge in [-0.2, -0.15) is 0 Å². The Morgan fingerprint density at radius 1 is 1.29 bits per heavy atom. The summed E-state index contributed by atoms with van der Waals surface area (Å²) >= 11 is 0. The zero-order valence-corrected chi connectivity index (χ0v) is 9.25. The quantitative estimate of drug-likeness (QED) is 0.665. The molecule has 14 heavy (non-hydrogen) atoms. The second kappa shape index (κ2) is 4.80. The highest BCUT2D eigenvalue weighted by molar-refractivity contribution is 5.47. The molecule has 0 N–H and O–H groups in total. The van der Waals surface area contributed by atoms with E-state index in [1.807, 2.05) is 18.2 Å². The minimum Gasteiger partial charge on any atom is -0.0912 e. The van der Waals surface area contributed by atoms with Crippen LogP contribution in [0.3, 0.4) is 0 Å². The molecule has 0 radical (unpaired) electrons. The Labute approximate surface area is 86.3 Å². The summed E-state index contributed by atoms with van der Waals surface area (Å²) in [5.41, 5.74) is 1.36. The van der Waals surface area contributed by atoms with Crippen LogP contribution in [0.15, 0.2) is 35.9 Å². The molecule has 0 aliphatic heterocycles. The van der Waals surface area contributed by atoms with E-state index >= 15 is 0 Å². The molecule has 0 unspecified atom stereocenters. The van der Waals surface area contributed by atoms with Gasteiger partial charge in [-0.05, 0) is 28.9 Å². The molecule has 74 valence electrons. The predicted molar refractivity (Wildman–Crippen MR) is 64.3 cm³/mol. The van der Waals surface area contributed by atoms with Crippen LogP contribution in [0.5, 0.6) is 0 Å². The van der Waals surface area contributed by atoms with Crippen molar-refractivity contribution < 1.29 is 0 Å². The molecule has 0 spiro atoms. The van der Waals surface area contributed by atoms with Crippen LogP contribution < -0.4 is 10.4 Å². The van der Waals surface area contributed by atoms with Crippen LogP contribution >= 0.6 is 0 Å². The maximum absolute atomic E-state index is 4.01. The van der Waals surface area contributed by atoms with E-state index in [9.17, 15) is 0 Å². The molecule has 0 nitrogen and oxygen atoms in total. The molecule has 0 saturated heterocycles. The molecule has 0 aromatic heterocycles. The van der Waals surface area contributed by atoms with E-state index in [2.05, 4.69) is 45.6 Å². The fraction of sp³-hybridized carbons (Fsp3) is 0.286. The van der Waals surface area contributed by atoms with Gasteiger partial charge in [0.1, 0.15) is 0 Å². The first kappa shape index (κ1) is 10.8. The molecule has 1 rings (SSSR count). The number of hydrogen-bond acceptors (Lipinski definition) is 0. The Bertz CT molecular complexity index is 422. The molecule has 0 aliphatic carbocycles. The summed E-state index contributed by atoms with van der Waals surface area (Å²) in [6.45, 7) is 10.5. The minimum absolute atomic E-state index is 0.569. The Morgan fingerprint density at radius 2 is 1.93 bits per heavy atom. The van der Waals surface area contributed by atoms with Gasteiger partial charge < -0.3 is 0 Å². The predicted octanol–water partition coefficient (Wildman–Crippen LogP) is 2.48. The number of allylic oxidation sites excluding steroid dienone is 2. The highest BCUT2D eigenvalue weighted by Gasteiger charge is 1.96. The summed E-state index contributed by atoms with van der Waals surface area (Å²) < 4.78 is 0. The van der Waals surface area contributed by atoms with Crippen molar-refractivity contribution in [2.45, 2.75) is 20.8 Å². The van der Waals surface area contributed by atoms with Crippen molar-refractivity contribution in [3.63, 3.8) is 0 Å². The lowest BCUT2D eigenvalue weighted by atomic mass is 10.0. The average Bonchev–Trinajstić information content (AvgIpc) is 2.16. The van der Waals surface area contributed by atoms with E-state index in [1.165, 1.54) is 10.8 Å². The van der Waals surface area contributed by atoms with E-state index in [1.54, 1.807) is 0 Å². The van der Waals surface area contributed by atoms with Gasteiger partial charge in [0.15, 0.2) is 0 Å². The molecule has 1 aromatic rings. The summed E-state index contributed by atoms with van der Waals surface area (Å²) in [4.78, 5) is 0. The molecule has 0 fully saturated rings. The molecule has 1 aromatic carbocycles. The van der Waals surface area contributed by atoms with Crippen molar-refractivity contribution in [3.05, 3.63) is 46.4 Å². The summed E-state index contributed by atoms with van der Waals surface area (Å²) in [7, 11) is 0. The molecule has 0 aliphatic rings. The van der Waals surface area contributed by atoms with Gasteiger partial charge in [0.2, 0.25) is 0 Å². The van der Waals surface area contributed by atoms with Crippen LogP contribution in [0.1, 0.15) is 20.8 Å². The highest BCUT2D eigenvalue weighted by Crippen LogP contribution is 2.09. The van der Waals surface area contributed by atoms with Crippen molar-refractivity contribution in [1.82, 2.24) is 0 Å². The number of benzene rings is 1. The zero-order chi connectivity index (χ0) is 10.6. The lowest BCUT2D eigenvalue weighted by molar-refractivity contribution is 0.799. The normalized spacial score (nSPS) is 13.7. The van der Waals surface area contributed by atoms with Crippen LogP contribution in [-0.4, -0.2) is 0 Å². The fourth-order valence-corrected chi connectivity index (χ4v) is 1.44. The van der Waals surface area contributed by atoms with Crippen LogP contribution in [0.2, 0.25) is 0 Å². The molecular weight excluding hydrogens is 168 g/mol. The third-order valence-corrected chi connectivity index (χ3v) is 2.38. The molecule has 0 heterocycles. The molecule has 0 heteroatoms. The largest absolute Gasteiger partial charge is 0.0912 e. The van der Waals surface area contributed by atoms with Crippen molar-refractivity contribution >= 4 is 12.7 Å². The monoisotopic (exact) mass is 186 g/mol. The van der Waals surface area contributed by atoms with Gasteiger partial charge in [0.25, 0.3) is 0 Å². The Hall–Kier alpha value is -1.30. The highest BCUT2D eigenvalue weighted by atomic mass is 14.0. The van der Waals surface area contributed by atoms with Crippen LogP contribution in [0.4, 0.5) is 0 Å². The molecule has 0 amide bonds. The SMILES string of the molecule is C=c1cccc/c1=C/C(=C\C)C(C)C. The standard InChI is InChI=1S/C14H18/c1-5-13(11(2)3)10-14-9-7-6-8-12(14)4/h5-11H,4H2,1-3H3/b13-5+,14-10-. The summed E-state index contributed by atoms with van der Waals surface area (Å²) in [6, 6.07) is 8.21. The zero-order valence-electron chi connectivity index (χ0n) is 9.25. The molecule has 0 atom stereocenters. The average molecular weight is 186 g/mol. The van der Waals surface area contributed by atoms with Crippen LogP contribution in [0.25, 0.3) is 12.7 Å². The van der Waals surface area contributed by atoms with Gasteiger partial charge >= 0.3 is 0 Å². The lowest BCUT2D eigenvalue weighted by Gasteiger charge is -2.04. The van der Waals surface area contributed by atoms with E-state index in [-0.39, 0.29) is 0 Å². The van der Waals surface area contributed by atoms with Crippen molar-refractivity contribution in [3.8, 4) is 0 Å². The van der Waals surface area contributed by atoms with Crippen molar-refractivity contribution in [2.24, 2.45) is 5.92 Å². The van der Waals surface area contributed by atoms with E-state index in [0.717, 1.165) is 5.22 Å². The Kier molecular flexibility index (Phi) is 3.70. The minimum atomic E-state index is 0.569. The van der Waals surface area contributed by atoms with Gasteiger partial charge in [-0.3, -0.25) is 0 Å². The first-order valence-corrected chi connectivity index (χ1v) is 5.07. The smallest absolute Gasteiger partial charge is 0.0187 e. The van der Waals surface area contributed by atoms with Gasteiger partial charge in [0.05, 0.1) is 0 Å². The summed E-state index contributed by atoms with van der Waals surface area (Å²) in [6.07, 6.45) is 4.38. The van der Waals surface area contributed by atoms with E-state index in [0.29, 0.717) is 5.92 Å².